The fourth-order valence-electron chi connectivity index (χ4n) is 1.93. The molecular weight excluding hydrogens is 252 g/mol. The fourth-order valence-corrected chi connectivity index (χ4v) is 3.17. The van der Waals surface area contributed by atoms with Gasteiger partial charge in [-0.15, -0.1) is 5.10 Å². The molecule has 1 aliphatic rings. The molecule has 18 heavy (non-hydrogen) atoms. The molecule has 0 spiro atoms. The lowest BCUT2D eigenvalue weighted by Gasteiger charge is -2.05. The van der Waals surface area contributed by atoms with Crippen LogP contribution in [0.4, 0.5) is 5.95 Å². The smallest absolute Gasteiger partial charge is 0.243 e. The minimum absolute atomic E-state index is 0.0571. The molecule has 1 N–H and O–H groups in total. The lowest BCUT2D eigenvalue weighted by molar-refractivity contribution is 0.605. The maximum Gasteiger partial charge on any atom is 0.243 e. The van der Waals surface area contributed by atoms with E-state index in [1.165, 1.54) is 5.41 Å². The first kappa shape index (κ1) is 11.2. The van der Waals surface area contributed by atoms with Gasteiger partial charge >= 0.3 is 0 Å². The molecule has 0 fully saturated rings. The maximum atomic E-state index is 11.3. The molecule has 2 aromatic heterocycles. The predicted molar refractivity (Wildman–Crippen MR) is 68.1 cm³/mol. The molecule has 3 rings (SSSR count). The van der Waals surface area contributed by atoms with Crippen molar-refractivity contribution in [1.82, 2.24) is 14.6 Å². The Morgan fingerprint density at radius 1 is 1.50 bits per heavy atom. The van der Waals surface area contributed by atoms with Gasteiger partial charge in [-0.1, -0.05) is 6.07 Å². The van der Waals surface area contributed by atoms with Crippen LogP contribution in [0, 0.1) is 6.92 Å². The Morgan fingerprint density at radius 2 is 2.33 bits per heavy atom. The van der Waals surface area contributed by atoms with Crippen LogP contribution in [-0.2, 0) is 9.84 Å². The van der Waals surface area contributed by atoms with E-state index in [4.69, 9.17) is 0 Å². The molecule has 7 heteroatoms. The molecule has 0 radical (unpaired) electrons. The first-order chi connectivity index (χ1) is 8.53. The third-order valence-electron chi connectivity index (χ3n) is 2.80. The molecule has 0 amide bonds. The van der Waals surface area contributed by atoms with Gasteiger partial charge in [0.2, 0.25) is 5.95 Å². The van der Waals surface area contributed by atoms with E-state index < -0.39 is 9.84 Å². The van der Waals surface area contributed by atoms with Crippen molar-refractivity contribution in [3.8, 4) is 0 Å². The second-order valence-corrected chi connectivity index (χ2v) is 6.23. The molecular formula is C11H12N4O2S. The third kappa shape index (κ3) is 1.97. The molecule has 1 unspecified atom stereocenters. The number of pyridine rings is 1. The van der Waals surface area contributed by atoms with Crippen molar-refractivity contribution in [3.63, 3.8) is 0 Å². The van der Waals surface area contributed by atoms with Crippen LogP contribution in [-0.4, -0.2) is 34.8 Å². The summed E-state index contributed by atoms with van der Waals surface area (Å²) in [7, 11) is -3.06. The van der Waals surface area contributed by atoms with Gasteiger partial charge in [0.25, 0.3) is 0 Å². The van der Waals surface area contributed by atoms with E-state index in [0.717, 1.165) is 11.2 Å². The minimum Gasteiger partial charge on any atom is -0.346 e. The van der Waals surface area contributed by atoms with Crippen molar-refractivity contribution in [3.05, 3.63) is 35.4 Å². The second kappa shape index (κ2) is 3.81. The summed E-state index contributed by atoms with van der Waals surface area (Å²) in [6, 6.07) is 3.58. The Labute approximate surface area is 104 Å². The minimum atomic E-state index is -3.06. The van der Waals surface area contributed by atoms with Gasteiger partial charge in [0.15, 0.2) is 15.5 Å². The number of sulfone groups is 1. The zero-order chi connectivity index (χ0) is 12.8. The molecule has 6 nitrogen and oxygen atoms in total. The molecule has 0 saturated carbocycles. The second-order valence-electron chi connectivity index (χ2n) is 4.30. The first-order valence-corrected chi connectivity index (χ1v) is 7.24. The van der Waals surface area contributed by atoms with E-state index in [9.17, 15) is 8.42 Å². The van der Waals surface area contributed by atoms with Crippen LogP contribution in [0.2, 0.25) is 0 Å². The SMILES string of the molecule is Cc1cccn2nc(NC3C=CS(=O)(=O)C3)nc12. The summed E-state index contributed by atoms with van der Waals surface area (Å²) in [4.78, 5) is 4.34. The van der Waals surface area contributed by atoms with Crippen molar-refractivity contribution in [2.24, 2.45) is 0 Å². The van der Waals surface area contributed by atoms with Gasteiger partial charge in [-0.3, -0.25) is 0 Å². The van der Waals surface area contributed by atoms with Gasteiger partial charge in [-0.2, -0.15) is 4.98 Å². The van der Waals surface area contributed by atoms with Crippen LogP contribution in [0.25, 0.3) is 5.65 Å². The molecule has 0 bridgehead atoms. The summed E-state index contributed by atoms with van der Waals surface area (Å²) in [6.07, 6.45) is 3.43. The van der Waals surface area contributed by atoms with Crippen LogP contribution >= 0.6 is 0 Å². The Bertz CT molecular complexity index is 733. The van der Waals surface area contributed by atoms with Crippen LogP contribution in [0.1, 0.15) is 5.56 Å². The Kier molecular flexibility index (Phi) is 2.37. The van der Waals surface area contributed by atoms with Gasteiger partial charge in [-0.05, 0) is 24.6 Å². The normalized spacial score (nSPS) is 21.5. The first-order valence-electron chi connectivity index (χ1n) is 5.53. The monoisotopic (exact) mass is 264 g/mol. The summed E-state index contributed by atoms with van der Waals surface area (Å²) >= 11 is 0. The van der Waals surface area contributed by atoms with E-state index in [0.29, 0.717) is 5.95 Å². The van der Waals surface area contributed by atoms with Crippen LogP contribution < -0.4 is 5.32 Å². The summed E-state index contributed by atoms with van der Waals surface area (Å²) in [5.74, 6) is 0.498. The van der Waals surface area contributed by atoms with Crippen molar-refractivity contribution in [1.29, 1.82) is 0 Å². The molecule has 94 valence electrons. The van der Waals surface area contributed by atoms with Crippen LogP contribution in [0.5, 0.6) is 0 Å². The van der Waals surface area contributed by atoms with Gasteiger partial charge < -0.3 is 5.32 Å². The lowest BCUT2D eigenvalue weighted by atomic mass is 10.3. The largest absolute Gasteiger partial charge is 0.346 e. The number of fused-ring (bicyclic) bond motifs is 1. The molecule has 2 aromatic rings. The summed E-state index contributed by atoms with van der Waals surface area (Å²) in [5.41, 5.74) is 1.79. The van der Waals surface area contributed by atoms with Gasteiger partial charge in [0.05, 0.1) is 11.8 Å². The number of anilines is 1. The topological polar surface area (TPSA) is 76.4 Å². The third-order valence-corrected chi connectivity index (χ3v) is 4.20. The van der Waals surface area contributed by atoms with Crippen molar-refractivity contribution in [2.75, 3.05) is 11.1 Å². The van der Waals surface area contributed by atoms with Gasteiger partial charge in [0.1, 0.15) is 0 Å². The molecule has 3 heterocycles. The van der Waals surface area contributed by atoms with E-state index in [1.54, 1.807) is 10.6 Å². The highest BCUT2D eigenvalue weighted by Gasteiger charge is 2.22. The Morgan fingerprint density at radius 3 is 3.00 bits per heavy atom. The molecule has 1 atom stereocenters. The Balaban J connectivity index is 1.88. The summed E-state index contributed by atoms with van der Waals surface area (Å²) in [5, 5.41) is 8.48. The zero-order valence-electron chi connectivity index (χ0n) is 9.74. The predicted octanol–water partition coefficient (Wildman–Crippen LogP) is 0.760. The molecule has 0 saturated heterocycles. The summed E-state index contributed by atoms with van der Waals surface area (Å²) in [6.45, 7) is 1.95. The van der Waals surface area contributed by atoms with E-state index in [2.05, 4.69) is 15.4 Å². The maximum absolute atomic E-state index is 11.3. The zero-order valence-corrected chi connectivity index (χ0v) is 10.6. The number of aromatic nitrogens is 3. The number of nitrogens with one attached hydrogen (secondary N) is 1. The number of hydrogen-bond acceptors (Lipinski definition) is 5. The standard InChI is InChI=1S/C11H12N4O2S/c1-8-3-2-5-15-10(8)13-11(14-15)12-9-4-6-18(16,17)7-9/h2-6,9H,7H2,1H3,(H,12,14). The average Bonchev–Trinajstić information content (AvgIpc) is 2.83. The summed E-state index contributed by atoms with van der Waals surface area (Å²) < 4.78 is 24.2. The highest BCUT2D eigenvalue weighted by atomic mass is 32.2. The number of rotatable bonds is 2. The molecule has 0 aliphatic carbocycles. The van der Waals surface area contributed by atoms with Crippen molar-refractivity contribution < 1.29 is 8.42 Å². The molecule has 1 aliphatic heterocycles. The number of nitrogens with zero attached hydrogens (tertiary/aromatic N) is 3. The highest BCUT2D eigenvalue weighted by molar-refractivity contribution is 7.94. The highest BCUT2D eigenvalue weighted by Crippen LogP contribution is 2.14. The van der Waals surface area contributed by atoms with Crippen molar-refractivity contribution >= 4 is 21.4 Å². The average molecular weight is 264 g/mol. The fraction of sp³-hybridized carbons (Fsp3) is 0.273. The van der Waals surface area contributed by atoms with Gasteiger partial charge in [-0.25, -0.2) is 12.9 Å². The van der Waals surface area contributed by atoms with E-state index >= 15 is 0 Å². The van der Waals surface area contributed by atoms with Gasteiger partial charge in [0, 0.05) is 11.6 Å². The van der Waals surface area contributed by atoms with Crippen molar-refractivity contribution in [2.45, 2.75) is 13.0 Å². The Hall–Kier alpha value is -1.89. The number of hydrogen-bond donors (Lipinski definition) is 1. The number of aryl methyl sites for hydroxylation is 1. The lowest BCUT2D eigenvalue weighted by Crippen LogP contribution is -2.21. The van der Waals surface area contributed by atoms with Crippen LogP contribution in [0.15, 0.2) is 29.8 Å². The van der Waals surface area contributed by atoms with E-state index in [1.807, 2.05) is 25.3 Å². The quantitative estimate of drug-likeness (QED) is 0.866. The van der Waals surface area contributed by atoms with E-state index in [-0.39, 0.29) is 11.8 Å². The van der Waals surface area contributed by atoms with Crippen LogP contribution in [0.3, 0.4) is 0 Å². The molecule has 0 aromatic carbocycles.